The third-order valence-electron chi connectivity index (χ3n) is 3.70. The molecular formula is C14H17FN2O2S. The van der Waals surface area contributed by atoms with Crippen molar-refractivity contribution in [3.8, 4) is 0 Å². The maximum Gasteiger partial charge on any atom is 0.227 e. The number of methoxy groups -OCH3 is 1. The first kappa shape index (κ1) is 14.9. The Labute approximate surface area is 122 Å². The summed E-state index contributed by atoms with van der Waals surface area (Å²) < 4.78 is 18.8. The van der Waals surface area contributed by atoms with Crippen LogP contribution in [0.1, 0.15) is 31.2 Å². The SMILES string of the molecule is COC1(CC(=O)Nc2ccc(F)c(C(N)=S)c2)CCC1. The van der Waals surface area contributed by atoms with Crippen molar-refractivity contribution >= 4 is 28.8 Å². The smallest absolute Gasteiger partial charge is 0.227 e. The molecule has 20 heavy (non-hydrogen) atoms. The number of amides is 1. The van der Waals surface area contributed by atoms with Crippen LogP contribution in [0.4, 0.5) is 10.1 Å². The number of hydrogen-bond acceptors (Lipinski definition) is 3. The van der Waals surface area contributed by atoms with Crippen LogP contribution in [0, 0.1) is 5.82 Å². The Bertz CT molecular complexity index is 538. The normalized spacial score (nSPS) is 16.3. The second kappa shape index (κ2) is 5.85. The summed E-state index contributed by atoms with van der Waals surface area (Å²) in [5.74, 6) is -0.657. The van der Waals surface area contributed by atoms with Gasteiger partial charge >= 0.3 is 0 Å². The Hall–Kier alpha value is -1.53. The number of carbonyl (C=O) groups is 1. The number of rotatable bonds is 5. The largest absolute Gasteiger partial charge is 0.389 e. The van der Waals surface area contributed by atoms with Crippen LogP contribution >= 0.6 is 12.2 Å². The van der Waals surface area contributed by atoms with E-state index in [1.165, 1.54) is 18.2 Å². The third-order valence-corrected chi connectivity index (χ3v) is 3.92. The van der Waals surface area contributed by atoms with E-state index in [0.717, 1.165) is 19.3 Å². The average Bonchev–Trinajstić information content (AvgIpc) is 2.36. The van der Waals surface area contributed by atoms with Gasteiger partial charge in [-0.1, -0.05) is 12.2 Å². The van der Waals surface area contributed by atoms with Crippen molar-refractivity contribution in [2.24, 2.45) is 5.73 Å². The second-order valence-corrected chi connectivity index (χ2v) is 5.46. The molecule has 3 N–H and O–H groups in total. The van der Waals surface area contributed by atoms with Crippen molar-refractivity contribution in [2.45, 2.75) is 31.3 Å². The summed E-state index contributed by atoms with van der Waals surface area (Å²) in [4.78, 5) is 12.0. The van der Waals surface area contributed by atoms with Crippen molar-refractivity contribution in [1.29, 1.82) is 0 Å². The first-order valence-corrected chi connectivity index (χ1v) is 6.81. The maximum atomic E-state index is 13.4. The molecule has 2 rings (SSSR count). The van der Waals surface area contributed by atoms with E-state index in [0.29, 0.717) is 12.1 Å². The molecule has 1 aromatic rings. The molecule has 6 heteroatoms. The Morgan fingerprint density at radius 3 is 2.75 bits per heavy atom. The van der Waals surface area contributed by atoms with E-state index in [9.17, 15) is 9.18 Å². The lowest BCUT2D eigenvalue weighted by Crippen LogP contribution is -2.42. The van der Waals surface area contributed by atoms with E-state index in [2.05, 4.69) is 5.32 Å². The molecule has 1 aromatic carbocycles. The van der Waals surface area contributed by atoms with E-state index in [-0.39, 0.29) is 22.1 Å². The summed E-state index contributed by atoms with van der Waals surface area (Å²) in [5.41, 5.74) is 5.69. The minimum Gasteiger partial charge on any atom is -0.389 e. The molecule has 1 amide bonds. The number of nitrogens with one attached hydrogen (secondary N) is 1. The first-order valence-electron chi connectivity index (χ1n) is 6.40. The van der Waals surface area contributed by atoms with Gasteiger partial charge in [-0.25, -0.2) is 4.39 Å². The molecule has 1 aliphatic rings. The van der Waals surface area contributed by atoms with Crippen LogP contribution in [0.3, 0.4) is 0 Å². The summed E-state index contributed by atoms with van der Waals surface area (Å²) in [6.45, 7) is 0. The zero-order valence-electron chi connectivity index (χ0n) is 11.2. The van der Waals surface area contributed by atoms with Gasteiger partial charge in [-0.3, -0.25) is 4.79 Å². The van der Waals surface area contributed by atoms with Crippen LogP contribution in [0.5, 0.6) is 0 Å². The Balaban J connectivity index is 2.04. The predicted octanol–water partition coefficient (Wildman–Crippen LogP) is 2.36. The van der Waals surface area contributed by atoms with Gasteiger partial charge in [-0.05, 0) is 37.5 Å². The maximum absolute atomic E-state index is 13.4. The fraction of sp³-hybridized carbons (Fsp3) is 0.429. The standard InChI is InChI=1S/C14H17FN2O2S/c1-19-14(5-2-6-14)8-12(18)17-9-3-4-11(15)10(7-9)13(16)20/h3-4,7H,2,5-6,8H2,1H3,(H2,16,20)(H,17,18). The van der Waals surface area contributed by atoms with Crippen molar-refractivity contribution in [3.63, 3.8) is 0 Å². The fourth-order valence-electron chi connectivity index (χ4n) is 2.31. The van der Waals surface area contributed by atoms with Crippen molar-refractivity contribution < 1.29 is 13.9 Å². The van der Waals surface area contributed by atoms with E-state index in [1.54, 1.807) is 7.11 Å². The zero-order valence-corrected chi connectivity index (χ0v) is 12.1. The molecule has 1 saturated carbocycles. The highest BCUT2D eigenvalue weighted by atomic mass is 32.1. The number of anilines is 1. The molecule has 0 radical (unpaired) electrons. The topological polar surface area (TPSA) is 64.3 Å². The van der Waals surface area contributed by atoms with Crippen molar-refractivity contribution in [2.75, 3.05) is 12.4 Å². The molecule has 0 saturated heterocycles. The molecule has 108 valence electrons. The Morgan fingerprint density at radius 1 is 1.55 bits per heavy atom. The Morgan fingerprint density at radius 2 is 2.25 bits per heavy atom. The summed E-state index contributed by atoms with van der Waals surface area (Å²) in [6.07, 6.45) is 3.14. The lowest BCUT2D eigenvalue weighted by atomic mass is 9.77. The predicted molar refractivity (Wildman–Crippen MR) is 79.1 cm³/mol. The van der Waals surface area contributed by atoms with Crippen LogP contribution in [-0.2, 0) is 9.53 Å². The van der Waals surface area contributed by atoms with Gasteiger partial charge in [0.1, 0.15) is 10.8 Å². The molecular weight excluding hydrogens is 279 g/mol. The van der Waals surface area contributed by atoms with Gasteiger partial charge in [0.15, 0.2) is 0 Å². The highest BCUT2D eigenvalue weighted by molar-refractivity contribution is 7.80. The number of nitrogens with two attached hydrogens (primary N) is 1. The average molecular weight is 296 g/mol. The molecule has 0 aliphatic heterocycles. The van der Waals surface area contributed by atoms with Crippen molar-refractivity contribution in [3.05, 3.63) is 29.6 Å². The van der Waals surface area contributed by atoms with Gasteiger partial charge in [0.05, 0.1) is 12.0 Å². The molecule has 0 spiro atoms. The molecule has 0 heterocycles. The highest BCUT2D eigenvalue weighted by Gasteiger charge is 2.38. The van der Waals surface area contributed by atoms with Gasteiger partial charge in [-0.15, -0.1) is 0 Å². The molecule has 4 nitrogen and oxygen atoms in total. The van der Waals surface area contributed by atoms with Gasteiger partial charge in [-0.2, -0.15) is 0 Å². The summed E-state index contributed by atoms with van der Waals surface area (Å²) in [6, 6.07) is 4.16. The van der Waals surface area contributed by atoms with E-state index in [4.69, 9.17) is 22.7 Å². The molecule has 0 bridgehead atoms. The summed E-state index contributed by atoms with van der Waals surface area (Å²) in [5, 5.41) is 2.72. The first-order chi connectivity index (χ1) is 9.46. The molecule has 1 fully saturated rings. The number of carbonyl (C=O) groups excluding carboxylic acids is 1. The number of benzene rings is 1. The zero-order chi connectivity index (χ0) is 14.8. The minimum absolute atomic E-state index is 0.0362. The van der Waals surface area contributed by atoms with Crippen molar-refractivity contribution in [1.82, 2.24) is 0 Å². The van der Waals surface area contributed by atoms with Gasteiger partial charge in [0, 0.05) is 18.4 Å². The number of hydrogen-bond donors (Lipinski definition) is 2. The van der Waals surface area contributed by atoms with Crippen LogP contribution in [-0.4, -0.2) is 23.6 Å². The van der Waals surface area contributed by atoms with E-state index in [1.807, 2.05) is 0 Å². The monoisotopic (exact) mass is 296 g/mol. The van der Waals surface area contributed by atoms with Crippen LogP contribution in [0.2, 0.25) is 0 Å². The summed E-state index contributed by atoms with van der Waals surface area (Å²) in [7, 11) is 1.62. The highest BCUT2D eigenvalue weighted by Crippen LogP contribution is 2.38. The fourth-order valence-corrected chi connectivity index (χ4v) is 2.47. The molecule has 0 aromatic heterocycles. The van der Waals surface area contributed by atoms with E-state index >= 15 is 0 Å². The minimum atomic E-state index is -0.497. The van der Waals surface area contributed by atoms with Gasteiger partial charge in [0.25, 0.3) is 0 Å². The molecule has 0 unspecified atom stereocenters. The number of halogens is 1. The lowest BCUT2D eigenvalue weighted by molar-refractivity contribution is -0.129. The second-order valence-electron chi connectivity index (χ2n) is 5.02. The molecule has 1 aliphatic carbocycles. The molecule has 0 atom stereocenters. The lowest BCUT2D eigenvalue weighted by Gasteiger charge is -2.39. The van der Waals surface area contributed by atoms with Gasteiger partial charge < -0.3 is 15.8 Å². The number of thiocarbonyl (C=S) groups is 1. The van der Waals surface area contributed by atoms with Crippen LogP contribution in [0.15, 0.2) is 18.2 Å². The quantitative estimate of drug-likeness (QED) is 0.819. The number of ether oxygens (including phenoxy) is 1. The Kier molecular flexibility index (Phi) is 4.35. The van der Waals surface area contributed by atoms with Crippen LogP contribution < -0.4 is 11.1 Å². The van der Waals surface area contributed by atoms with Gasteiger partial charge in [0.2, 0.25) is 5.91 Å². The van der Waals surface area contributed by atoms with Crippen LogP contribution in [0.25, 0.3) is 0 Å². The third kappa shape index (κ3) is 3.13. The van der Waals surface area contributed by atoms with E-state index < -0.39 is 5.82 Å². The summed E-state index contributed by atoms with van der Waals surface area (Å²) >= 11 is 4.76.